The molecule has 0 spiro atoms. The van der Waals surface area contributed by atoms with Gasteiger partial charge in [0.2, 0.25) is 0 Å². The van der Waals surface area contributed by atoms with E-state index in [0.29, 0.717) is 0 Å². The second kappa shape index (κ2) is 2.91. The summed E-state index contributed by atoms with van der Waals surface area (Å²) in [7, 11) is 0. The van der Waals surface area contributed by atoms with Crippen LogP contribution in [0.2, 0.25) is 0 Å². The van der Waals surface area contributed by atoms with Crippen LogP contribution in [0.15, 0.2) is 12.1 Å². The highest BCUT2D eigenvalue weighted by atomic mass is 16.5. The summed E-state index contributed by atoms with van der Waals surface area (Å²) in [5, 5.41) is 3.48. The number of fused-ring (bicyclic) bond motifs is 2. The van der Waals surface area contributed by atoms with Crippen molar-refractivity contribution in [3.63, 3.8) is 0 Å². The van der Waals surface area contributed by atoms with Crippen molar-refractivity contribution < 1.29 is 4.74 Å². The normalized spacial score (nSPS) is 21.2. The van der Waals surface area contributed by atoms with Crippen LogP contribution in [0.5, 0.6) is 5.75 Å². The predicted molar refractivity (Wildman–Crippen MR) is 61.8 cm³/mol. The van der Waals surface area contributed by atoms with Gasteiger partial charge in [0.05, 0.1) is 6.61 Å². The molecule has 0 saturated carbocycles. The van der Waals surface area contributed by atoms with Crippen LogP contribution in [-0.4, -0.2) is 13.2 Å². The first-order valence-electron chi connectivity index (χ1n) is 5.71. The first-order valence-corrected chi connectivity index (χ1v) is 5.71. The summed E-state index contributed by atoms with van der Waals surface area (Å²) in [4.78, 5) is 0. The lowest BCUT2D eigenvalue weighted by Crippen LogP contribution is -2.19. The molecule has 0 fully saturated rings. The monoisotopic (exact) mass is 203 g/mol. The van der Waals surface area contributed by atoms with Gasteiger partial charge in [-0.25, -0.2) is 0 Å². The summed E-state index contributed by atoms with van der Waals surface area (Å²) in [5.74, 6) is 1.11. The Balaban J connectivity index is 2.13. The van der Waals surface area contributed by atoms with Gasteiger partial charge in [0, 0.05) is 17.6 Å². The first kappa shape index (κ1) is 9.08. The Kier molecular flexibility index (Phi) is 1.76. The molecule has 0 radical (unpaired) electrons. The summed E-state index contributed by atoms with van der Waals surface area (Å²) in [5.41, 5.74) is 4.32. The third-order valence-electron chi connectivity index (χ3n) is 3.50. The summed E-state index contributed by atoms with van der Waals surface area (Å²) < 4.78 is 5.71. The smallest absolute Gasteiger partial charge is 0.122 e. The summed E-state index contributed by atoms with van der Waals surface area (Å²) in [6.45, 7) is 6.47. The minimum atomic E-state index is 0.241. The van der Waals surface area contributed by atoms with Crippen LogP contribution in [-0.2, 0) is 11.8 Å². The number of benzene rings is 1. The Morgan fingerprint density at radius 3 is 3.07 bits per heavy atom. The molecular weight excluding hydrogens is 186 g/mol. The van der Waals surface area contributed by atoms with E-state index in [1.165, 1.54) is 16.8 Å². The van der Waals surface area contributed by atoms with Gasteiger partial charge in [-0.1, -0.05) is 13.8 Å². The molecule has 2 heteroatoms. The Hall–Kier alpha value is -1.18. The lowest BCUT2D eigenvalue weighted by atomic mass is 9.86. The number of nitrogens with one attached hydrogen (secondary N) is 1. The van der Waals surface area contributed by atoms with E-state index in [4.69, 9.17) is 4.74 Å². The molecule has 2 heterocycles. The van der Waals surface area contributed by atoms with E-state index in [1.807, 2.05) is 0 Å². The molecule has 2 nitrogen and oxygen atoms in total. The lowest BCUT2D eigenvalue weighted by molar-refractivity contribution is 0.288. The number of aryl methyl sites for hydroxylation is 1. The molecule has 2 aliphatic rings. The van der Waals surface area contributed by atoms with Crippen molar-refractivity contribution in [2.24, 2.45) is 0 Å². The van der Waals surface area contributed by atoms with Gasteiger partial charge >= 0.3 is 0 Å². The third-order valence-corrected chi connectivity index (χ3v) is 3.50. The van der Waals surface area contributed by atoms with Crippen molar-refractivity contribution in [3.8, 4) is 5.75 Å². The largest absolute Gasteiger partial charge is 0.493 e. The van der Waals surface area contributed by atoms with Crippen LogP contribution < -0.4 is 10.1 Å². The lowest BCUT2D eigenvalue weighted by Gasteiger charge is -2.22. The quantitative estimate of drug-likeness (QED) is 0.700. The first-order chi connectivity index (χ1) is 7.17. The summed E-state index contributed by atoms with van der Waals surface area (Å²) >= 11 is 0. The second-order valence-electron chi connectivity index (χ2n) is 5.19. The fourth-order valence-electron chi connectivity index (χ4n) is 2.52. The molecule has 0 bridgehead atoms. The maximum Gasteiger partial charge on any atom is 0.122 e. The highest BCUT2D eigenvalue weighted by Gasteiger charge is 2.31. The Bertz CT molecular complexity index is 409. The van der Waals surface area contributed by atoms with Crippen LogP contribution in [0.3, 0.4) is 0 Å². The van der Waals surface area contributed by atoms with Crippen molar-refractivity contribution >= 4 is 5.69 Å². The fraction of sp³-hybridized carbons (Fsp3) is 0.538. The van der Waals surface area contributed by atoms with Crippen LogP contribution in [0.4, 0.5) is 5.69 Å². The van der Waals surface area contributed by atoms with Crippen molar-refractivity contribution in [2.75, 3.05) is 18.5 Å². The van der Waals surface area contributed by atoms with Gasteiger partial charge in [0.15, 0.2) is 0 Å². The topological polar surface area (TPSA) is 21.3 Å². The zero-order valence-corrected chi connectivity index (χ0v) is 9.39. The molecule has 2 aliphatic heterocycles. The zero-order valence-electron chi connectivity index (χ0n) is 9.39. The van der Waals surface area contributed by atoms with Crippen LogP contribution >= 0.6 is 0 Å². The standard InChI is InChI=1S/C13H17NO/c1-13(2)8-14-11-6-9-4-3-5-15-12(9)7-10(11)13/h6-7,14H,3-5,8H2,1-2H3. The maximum atomic E-state index is 5.71. The SMILES string of the molecule is CC1(C)CNc2cc3c(cc21)OCCC3. The molecule has 0 aliphatic carbocycles. The van der Waals surface area contributed by atoms with E-state index in [9.17, 15) is 0 Å². The minimum Gasteiger partial charge on any atom is -0.493 e. The zero-order chi connectivity index (χ0) is 10.5. The van der Waals surface area contributed by atoms with Gasteiger partial charge in [-0.15, -0.1) is 0 Å². The van der Waals surface area contributed by atoms with Crippen molar-refractivity contribution in [2.45, 2.75) is 32.1 Å². The van der Waals surface area contributed by atoms with E-state index in [0.717, 1.165) is 31.7 Å². The Morgan fingerprint density at radius 1 is 1.33 bits per heavy atom. The molecule has 15 heavy (non-hydrogen) atoms. The Labute approximate surface area is 90.6 Å². The summed E-state index contributed by atoms with van der Waals surface area (Å²) in [6.07, 6.45) is 2.31. The third kappa shape index (κ3) is 1.31. The molecule has 0 amide bonds. The Morgan fingerprint density at radius 2 is 2.20 bits per heavy atom. The van der Waals surface area contributed by atoms with E-state index in [-0.39, 0.29) is 5.41 Å². The molecule has 0 atom stereocenters. The van der Waals surface area contributed by atoms with Gasteiger partial charge in [-0.2, -0.15) is 0 Å². The highest BCUT2D eigenvalue weighted by molar-refractivity contribution is 5.64. The molecule has 0 unspecified atom stereocenters. The van der Waals surface area contributed by atoms with Crippen LogP contribution in [0, 0.1) is 0 Å². The van der Waals surface area contributed by atoms with E-state index in [1.54, 1.807) is 0 Å². The number of ether oxygens (including phenoxy) is 1. The molecule has 1 aromatic carbocycles. The van der Waals surface area contributed by atoms with Crippen molar-refractivity contribution in [3.05, 3.63) is 23.3 Å². The molecular formula is C13H17NO. The number of hydrogen-bond acceptors (Lipinski definition) is 2. The van der Waals surface area contributed by atoms with Gasteiger partial charge in [0.25, 0.3) is 0 Å². The molecule has 0 saturated heterocycles. The van der Waals surface area contributed by atoms with Gasteiger partial charge < -0.3 is 10.1 Å². The number of hydrogen-bond donors (Lipinski definition) is 1. The van der Waals surface area contributed by atoms with Gasteiger partial charge in [-0.3, -0.25) is 0 Å². The van der Waals surface area contributed by atoms with Gasteiger partial charge in [0.1, 0.15) is 5.75 Å². The fourth-order valence-corrected chi connectivity index (χ4v) is 2.52. The van der Waals surface area contributed by atoms with Crippen molar-refractivity contribution in [1.29, 1.82) is 0 Å². The molecule has 80 valence electrons. The van der Waals surface area contributed by atoms with Gasteiger partial charge in [-0.05, 0) is 36.1 Å². The average molecular weight is 203 g/mol. The number of rotatable bonds is 0. The second-order valence-corrected chi connectivity index (χ2v) is 5.19. The van der Waals surface area contributed by atoms with Crippen LogP contribution in [0.25, 0.3) is 0 Å². The van der Waals surface area contributed by atoms with E-state index >= 15 is 0 Å². The highest BCUT2D eigenvalue weighted by Crippen LogP contribution is 2.41. The summed E-state index contributed by atoms with van der Waals surface area (Å²) in [6, 6.07) is 4.52. The van der Waals surface area contributed by atoms with Crippen LogP contribution in [0.1, 0.15) is 31.4 Å². The molecule has 3 rings (SSSR count). The predicted octanol–water partition coefficient (Wildman–Crippen LogP) is 2.71. The average Bonchev–Trinajstić information content (AvgIpc) is 2.52. The number of anilines is 1. The maximum absolute atomic E-state index is 5.71. The van der Waals surface area contributed by atoms with E-state index in [2.05, 4.69) is 31.3 Å². The molecule has 1 aromatic rings. The molecule has 0 aromatic heterocycles. The molecule has 1 N–H and O–H groups in total. The van der Waals surface area contributed by atoms with E-state index < -0.39 is 0 Å². The van der Waals surface area contributed by atoms with Crippen molar-refractivity contribution in [1.82, 2.24) is 0 Å². The minimum absolute atomic E-state index is 0.241.